The van der Waals surface area contributed by atoms with Gasteiger partial charge in [-0.3, -0.25) is 4.98 Å². The average molecular weight is 222 g/mol. The van der Waals surface area contributed by atoms with E-state index in [1.165, 1.54) is 0 Å². The molecule has 1 heterocycles. The summed E-state index contributed by atoms with van der Waals surface area (Å²) in [7, 11) is 0. The molecule has 4 heteroatoms. The summed E-state index contributed by atoms with van der Waals surface area (Å²) in [5.74, 6) is 1.48. The van der Waals surface area contributed by atoms with Gasteiger partial charge in [0.2, 0.25) is 0 Å². The normalized spacial score (nSPS) is 10.8. The topological polar surface area (TPSA) is 49.8 Å². The van der Waals surface area contributed by atoms with Gasteiger partial charge in [-0.2, -0.15) is 0 Å². The van der Waals surface area contributed by atoms with Gasteiger partial charge in [-0.15, -0.1) is 0 Å². The molecule has 1 rings (SSSR count). The van der Waals surface area contributed by atoms with Crippen LogP contribution in [0.25, 0.3) is 0 Å². The van der Waals surface area contributed by atoms with Gasteiger partial charge in [0.05, 0.1) is 11.9 Å². The Morgan fingerprint density at radius 1 is 1.31 bits per heavy atom. The average Bonchev–Trinajstić information content (AvgIpc) is 2.27. The van der Waals surface area contributed by atoms with Gasteiger partial charge in [0.25, 0.3) is 0 Å². The molecule has 0 atom stereocenters. The fraction of sp³-hybridized carbons (Fsp3) is 0.667. The molecule has 4 nitrogen and oxygen atoms in total. The number of hydrogen-bond acceptors (Lipinski definition) is 4. The summed E-state index contributed by atoms with van der Waals surface area (Å²) in [5, 5.41) is 6.59. The number of rotatable bonds is 7. The van der Waals surface area contributed by atoms with Crippen LogP contribution < -0.4 is 10.6 Å². The third-order valence-corrected chi connectivity index (χ3v) is 2.11. The molecule has 90 valence electrons. The van der Waals surface area contributed by atoms with Crippen molar-refractivity contribution in [2.45, 2.75) is 33.7 Å². The number of aromatic nitrogens is 2. The minimum absolute atomic E-state index is 0.615. The van der Waals surface area contributed by atoms with Crippen LogP contribution in [0.15, 0.2) is 12.4 Å². The van der Waals surface area contributed by atoms with Crippen LogP contribution in [0.2, 0.25) is 0 Å². The first-order valence-electron chi connectivity index (χ1n) is 5.98. The molecule has 0 bridgehead atoms. The van der Waals surface area contributed by atoms with E-state index >= 15 is 0 Å². The van der Waals surface area contributed by atoms with Crippen molar-refractivity contribution in [3.63, 3.8) is 0 Å². The van der Waals surface area contributed by atoms with Crippen LogP contribution >= 0.6 is 0 Å². The van der Waals surface area contributed by atoms with Gasteiger partial charge < -0.3 is 10.6 Å². The quantitative estimate of drug-likeness (QED) is 0.693. The Bertz CT molecular complexity index is 299. The number of anilines is 1. The lowest BCUT2D eigenvalue weighted by Gasteiger charge is -2.09. The molecule has 0 aliphatic heterocycles. The Morgan fingerprint density at radius 3 is 2.81 bits per heavy atom. The third-order valence-electron chi connectivity index (χ3n) is 2.11. The van der Waals surface area contributed by atoms with Crippen molar-refractivity contribution >= 4 is 5.82 Å². The molecule has 0 aromatic carbocycles. The van der Waals surface area contributed by atoms with Gasteiger partial charge in [0.1, 0.15) is 5.82 Å². The van der Waals surface area contributed by atoms with E-state index in [1.54, 1.807) is 6.20 Å². The summed E-state index contributed by atoms with van der Waals surface area (Å²) in [6.07, 6.45) is 4.72. The molecule has 0 spiro atoms. The number of nitrogens with zero attached hydrogens (tertiary/aromatic N) is 2. The zero-order valence-electron chi connectivity index (χ0n) is 10.5. The molecule has 0 radical (unpaired) electrons. The van der Waals surface area contributed by atoms with Gasteiger partial charge in [0, 0.05) is 19.3 Å². The van der Waals surface area contributed by atoms with Gasteiger partial charge in [-0.1, -0.05) is 20.8 Å². The maximum Gasteiger partial charge on any atom is 0.144 e. The molecule has 2 N–H and O–H groups in total. The SMILES string of the molecule is CCCNCc1cncc(NCC(C)C)n1. The Kier molecular flexibility index (Phi) is 5.78. The number of nitrogens with one attached hydrogen (secondary N) is 2. The van der Waals surface area contributed by atoms with Crippen molar-refractivity contribution in [1.82, 2.24) is 15.3 Å². The molecule has 1 aromatic rings. The molecular weight excluding hydrogens is 200 g/mol. The second kappa shape index (κ2) is 7.17. The van der Waals surface area contributed by atoms with Crippen molar-refractivity contribution in [2.75, 3.05) is 18.4 Å². The summed E-state index contributed by atoms with van der Waals surface area (Å²) >= 11 is 0. The van der Waals surface area contributed by atoms with Gasteiger partial charge >= 0.3 is 0 Å². The van der Waals surface area contributed by atoms with Crippen LogP contribution in [0.1, 0.15) is 32.9 Å². The summed E-state index contributed by atoms with van der Waals surface area (Å²) < 4.78 is 0. The molecule has 16 heavy (non-hydrogen) atoms. The smallest absolute Gasteiger partial charge is 0.144 e. The highest BCUT2D eigenvalue weighted by Gasteiger charge is 1.99. The van der Waals surface area contributed by atoms with E-state index in [-0.39, 0.29) is 0 Å². The van der Waals surface area contributed by atoms with E-state index in [1.807, 2.05) is 6.20 Å². The zero-order chi connectivity index (χ0) is 11.8. The fourth-order valence-corrected chi connectivity index (χ4v) is 1.28. The Labute approximate surface area is 97.9 Å². The molecule has 0 unspecified atom stereocenters. The molecule has 0 aliphatic carbocycles. The minimum Gasteiger partial charge on any atom is -0.369 e. The van der Waals surface area contributed by atoms with Crippen molar-refractivity contribution in [1.29, 1.82) is 0 Å². The Morgan fingerprint density at radius 2 is 2.12 bits per heavy atom. The summed E-state index contributed by atoms with van der Waals surface area (Å²) in [6.45, 7) is 9.24. The molecule has 0 saturated carbocycles. The van der Waals surface area contributed by atoms with E-state index in [9.17, 15) is 0 Å². The van der Waals surface area contributed by atoms with Crippen molar-refractivity contribution < 1.29 is 0 Å². The van der Waals surface area contributed by atoms with Crippen molar-refractivity contribution in [2.24, 2.45) is 5.92 Å². The van der Waals surface area contributed by atoms with Crippen LogP contribution in [-0.4, -0.2) is 23.1 Å². The summed E-state index contributed by atoms with van der Waals surface area (Å²) in [5.41, 5.74) is 0.988. The Hall–Kier alpha value is -1.16. The highest BCUT2D eigenvalue weighted by Crippen LogP contribution is 2.03. The summed E-state index contributed by atoms with van der Waals surface area (Å²) in [6, 6.07) is 0. The zero-order valence-corrected chi connectivity index (χ0v) is 10.5. The Balaban J connectivity index is 2.43. The van der Waals surface area contributed by atoms with E-state index < -0.39 is 0 Å². The van der Waals surface area contributed by atoms with E-state index in [0.717, 1.165) is 37.6 Å². The van der Waals surface area contributed by atoms with Crippen molar-refractivity contribution in [3.8, 4) is 0 Å². The van der Waals surface area contributed by atoms with Gasteiger partial charge in [0.15, 0.2) is 0 Å². The second-order valence-corrected chi connectivity index (χ2v) is 4.35. The van der Waals surface area contributed by atoms with E-state index in [0.29, 0.717) is 5.92 Å². The standard InChI is InChI=1S/C12H22N4/c1-4-5-13-7-11-8-14-9-12(16-11)15-6-10(2)3/h8-10,13H,4-7H2,1-3H3,(H,15,16). The van der Waals surface area contributed by atoms with E-state index in [2.05, 4.69) is 41.4 Å². The fourth-order valence-electron chi connectivity index (χ4n) is 1.28. The highest BCUT2D eigenvalue weighted by molar-refractivity contribution is 5.31. The van der Waals surface area contributed by atoms with E-state index in [4.69, 9.17) is 0 Å². The first kappa shape index (κ1) is 12.9. The second-order valence-electron chi connectivity index (χ2n) is 4.35. The lowest BCUT2D eigenvalue weighted by atomic mass is 10.2. The minimum atomic E-state index is 0.615. The van der Waals surface area contributed by atoms with Gasteiger partial charge in [-0.25, -0.2) is 4.98 Å². The van der Waals surface area contributed by atoms with Gasteiger partial charge in [-0.05, 0) is 18.9 Å². The predicted octanol–water partition coefficient (Wildman–Crippen LogP) is 2.04. The van der Waals surface area contributed by atoms with Crippen LogP contribution in [0.4, 0.5) is 5.82 Å². The predicted molar refractivity (Wildman–Crippen MR) is 67.4 cm³/mol. The molecule has 0 aliphatic rings. The lowest BCUT2D eigenvalue weighted by molar-refractivity contribution is 0.659. The van der Waals surface area contributed by atoms with Crippen LogP contribution in [0, 0.1) is 5.92 Å². The molecule has 0 amide bonds. The van der Waals surface area contributed by atoms with Crippen molar-refractivity contribution in [3.05, 3.63) is 18.1 Å². The monoisotopic (exact) mass is 222 g/mol. The summed E-state index contributed by atoms with van der Waals surface area (Å²) in [4.78, 5) is 8.66. The largest absolute Gasteiger partial charge is 0.369 e. The maximum absolute atomic E-state index is 4.48. The maximum atomic E-state index is 4.48. The van der Waals surface area contributed by atoms with Crippen LogP contribution in [0.5, 0.6) is 0 Å². The molecule has 1 aromatic heterocycles. The highest BCUT2D eigenvalue weighted by atomic mass is 15.0. The number of hydrogen-bond donors (Lipinski definition) is 2. The molecular formula is C12H22N4. The van der Waals surface area contributed by atoms with Crippen LogP contribution in [0.3, 0.4) is 0 Å². The molecule has 0 fully saturated rings. The third kappa shape index (κ3) is 5.07. The first-order valence-corrected chi connectivity index (χ1v) is 5.98. The van der Waals surface area contributed by atoms with Crippen LogP contribution in [-0.2, 0) is 6.54 Å². The first-order chi connectivity index (χ1) is 7.72. The lowest BCUT2D eigenvalue weighted by Crippen LogP contribution is -2.16. The molecule has 0 saturated heterocycles.